The van der Waals surface area contributed by atoms with Gasteiger partial charge in [0.05, 0.1) is 29.5 Å². The first-order valence-corrected chi connectivity index (χ1v) is 8.00. The molecule has 27 heavy (non-hydrogen) atoms. The number of benzene rings is 2. The van der Waals surface area contributed by atoms with Gasteiger partial charge in [-0.3, -0.25) is 15.1 Å². The van der Waals surface area contributed by atoms with E-state index in [-0.39, 0.29) is 12.5 Å². The quantitative estimate of drug-likeness (QED) is 0.378. The molecule has 0 amide bonds. The average Bonchev–Trinajstić information content (AvgIpc) is 3.34. The molecule has 1 aliphatic rings. The Hall–Kier alpha value is -3.81. The maximum atomic E-state index is 11.0. The topological polar surface area (TPSA) is 96.3 Å². The Bertz CT molecular complexity index is 1040. The summed E-state index contributed by atoms with van der Waals surface area (Å²) in [5.41, 5.74) is 1.14. The molecule has 8 heteroatoms. The van der Waals surface area contributed by atoms with Gasteiger partial charge in [0.2, 0.25) is 6.79 Å². The maximum Gasteiger partial charge on any atom is 0.270 e. The van der Waals surface area contributed by atoms with E-state index in [4.69, 9.17) is 18.6 Å². The molecule has 136 valence electrons. The highest BCUT2D eigenvalue weighted by molar-refractivity contribution is 5.81. The van der Waals surface area contributed by atoms with E-state index in [0.717, 1.165) is 0 Å². The summed E-state index contributed by atoms with van der Waals surface area (Å²) < 4.78 is 21.6. The molecule has 0 N–H and O–H groups in total. The second-order valence-electron chi connectivity index (χ2n) is 5.64. The molecule has 0 bridgehead atoms. The lowest BCUT2D eigenvalue weighted by atomic mass is 10.1. The Labute approximate surface area is 153 Å². The van der Waals surface area contributed by atoms with E-state index in [2.05, 4.69) is 4.99 Å². The molecule has 0 unspecified atom stereocenters. The van der Waals surface area contributed by atoms with Crippen LogP contribution in [0.15, 0.2) is 57.9 Å². The van der Waals surface area contributed by atoms with E-state index in [9.17, 15) is 10.1 Å². The lowest BCUT2D eigenvalue weighted by Crippen LogP contribution is -1.92. The molecule has 2 aromatic carbocycles. The molecular formula is C19H14N2O6. The summed E-state index contributed by atoms with van der Waals surface area (Å²) in [4.78, 5) is 14.9. The predicted octanol–water partition coefficient (Wildman–Crippen LogP) is 4.34. The number of hydrogen-bond acceptors (Lipinski definition) is 7. The van der Waals surface area contributed by atoms with Crippen molar-refractivity contribution in [3.05, 3.63) is 64.4 Å². The molecule has 4 rings (SSSR count). The fourth-order valence-electron chi connectivity index (χ4n) is 2.67. The number of fused-ring (bicyclic) bond motifs is 1. The molecule has 8 nitrogen and oxygen atoms in total. The van der Waals surface area contributed by atoms with E-state index in [1.807, 2.05) is 0 Å². The van der Waals surface area contributed by atoms with E-state index >= 15 is 0 Å². The fraction of sp³-hybridized carbons (Fsp3) is 0.105. The van der Waals surface area contributed by atoms with Crippen LogP contribution in [0.2, 0.25) is 0 Å². The third kappa shape index (κ3) is 3.32. The number of rotatable bonds is 5. The summed E-state index contributed by atoms with van der Waals surface area (Å²) >= 11 is 0. The largest absolute Gasteiger partial charge is 0.496 e. The van der Waals surface area contributed by atoms with Gasteiger partial charge in [-0.05, 0) is 30.3 Å². The SMILES string of the molecule is COc1ccc([N+](=O)[O-])cc1-c1ccc(C=Nc2ccc3c(c2)OCO3)o1. The Balaban J connectivity index is 1.60. The van der Waals surface area contributed by atoms with Gasteiger partial charge in [0.15, 0.2) is 11.5 Å². The second-order valence-corrected chi connectivity index (χ2v) is 5.64. The number of methoxy groups -OCH3 is 1. The second kappa shape index (κ2) is 6.83. The highest BCUT2D eigenvalue weighted by Crippen LogP contribution is 2.36. The van der Waals surface area contributed by atoms with Gasteiger partial charge in [-0.2, -0.15) is 0 Å². The molecular weight excluding hydrogens is 352 g/mol. The fourth-order valence-corrected chi connectivity index (χ4v) is 2.67. The lowest BCUT2D eigenvalue weighted by molar-refractivity contribution is -0.384. The molecule has 0 fully saturated rings. The van der Waals surface area contributed by atoms with Crippen LogP contribution >= 0.6 is 0 Å². The zero-order valence-electron chi connectivity index (χ0n) is 14.2. The molecule has 0 saturated heterocycles. The lowest BCUT2D eigenvalue weighted by Gasteiger charge is -2.05. The molecule has 0 aliphatic carbocycles. The monoisotopic (exact) mass is 366 g/mol. The molecule has 1 aliphatic heterocycles. The van der Waals surface area contributed by atoms with Crippen LogP contribution in [-0.4, -0.2) is 25.0 Å². The van der Waals surface area contributed by atoms with Gasteiger partial charge in [-0.25, -0.2) is 0 Å². The highest BCUT2D eigenvalue weighted by atomic mass is 16.7. The van der Waals surface area contributed by atoms with Crippen molar-refractivity contribution in [1.29, 1.82) is 0 Å². The van der Waals surface area contributed by atoms with Gasteiger partial charge in [-0.15, -0.1) is 0 Å². The summed E-state index contributed by atoms with van der Waals surface area (Å²) in [6, 6.07) is 13.1. The van der Waals surface area contributed by atoms with Crippen LogP contribution in [0, 0.1) is 10.1 Å². The smallest absolute Gasteiger partial charge is 0.270 e. The first-order valence-electron chi connectivity index (χ1n) is 8.00. The van der Waals surface area contributed by atoms with Crippen LogP contribution in [0.25, 0.3) is 11.3 Å². The highest BCUT2D eigenvalue weighted by Gasteiger charge is 2.16. The number of aliphatic imine (C=N–C) groups is 1. The molecule has 0 atom stereocenters. The average molecular weight is 366 g/mol. The Morgan fingerprint density at radius 3 is 2.78 bits per heavy atom. The summed E-state index contributed by atoms with van der Waals surface area (Å²) in [7, 11) is 1.50. The predicted molar refractivity (Wildman–Crippen MR) is 97.2 cm³/mol. The van der Waals surface area contributed by atoms with Crippen LogP contribution in [-0.2, 0) is 0 Å². The molecule has 2 heterocycles. The van der Waals surface area contributed by atoms with Gasteiger partial charge >= 0.3 is 0 Å². The van der Waals surface area contributed by atoms with E-state index in [1.165, 1.54) is 25.3 Å². The number of nitrogens with zero attached hydrogens (tertiary/aromatic N) is 2. The first-order chi connectivity index (χ1) is 13.1. The first kappa shape index (κ1) is 16.6. The van der Waals surface area contributed by atoms with Crippen LogP contribution in [0.3, 0.4) is 0 Å². The van der Waals surface area contributed by atoms with Crippen molar-refractivity contribution in [3.8, 4) is 28.6 Å². The van der Waals surface area contributed by atoms with Crippen LogP contribution < -0.4 is 14.2 Å². The molecule has 1 aromatic heterocycles. The molecule has 0 spiro atoms. The van der Waals surface area contributed by atoms with Crippen molar-refractivity contribution >= 4 is 17.6 Å². The minimum Gasteiger partial charge on any atom is -0.496 e. The Kier molecular flexibility index (Phi) is 4.21. The molecule has 0 saturated carbocycles. The molecule has 3 aromatic rings. The minimum atomic E-state index is -0.464. The normalized spacial score (nSPS) is 12.5. The van der Waals surface area contributed by atoms with E-state index in [0.29, 0.717) is 40.0 Å². The number of nitro benzene ring substituents is 1. The van der Waals surface area contributed by atoms with Gasteiger partial charge in [0.1, 0.15) is 17.3 Å². The van der Waals surface area contributed by atoms with Gasteiger partial charge in [0.25, 0.3) is 5.69 Å². The summed E-state index contributed by atoms with van der Waals surface area (Å²) in [5.74, 6) is 2.76. The molecule has 0 radical (unpaired) electrons. The van der Waals surface area contributed by atoms with Crippen molar-refractivity contribution in [1.82, 2.24) is 0 Å². The third-order valence-corrected chi connectivity index (χ3v) is 3.98. The number of furan rings is 1. The van der Waals surface area contributed by atoms with Crippen molar-refractivity contribution in [2.75, 3.05) is 13.9 Å². The van der Waals surface area contributed by atoms with Crippen LogP contribution in [0.4, 0.5) is 11.4 Å². The Morgan fingerprint density at radius 2 is 1.96 bits per heavy atom. The van der Waals surface area contributed by atoms with Crippen molar-refractivity contribution in [3.63, 3.8) is 0 Å². The Morgan fingerprint density at radius 1 is 1.11 bits per heavy atom. The zero-order valence-corrected chi connectivity index (χ0v) is 14.2. The van der Waals surface area contributed by atoms with E-state index in [1.54, 1.807) is 36.5 Å². The zero-order chi connectivity index (χ0) is 18.8. The number of ether oxygens (including phenoxy) is 3. The number of non-ortho nitro benzene ring substituents is 1. The van der Waals surface area contributed by atoms with Crippen LogP contribution in [0.1, 0.15) is 5.76 Å². The van der Waals surface area contributed by atoms with E-state index < -0.39 is 4.92 Å². The van der Waals surface area contributed by atoms with Gasteiger partial charge < -0.3 is 18.6 Å². The summed E-state index contributed by atoms with van der Waals surface area (Å²) in [6.45, 7) is 0.203. The number of hydrogen-bond donors (Lipinski definition) is 0. The van der Waals surface area contributed by atoms with Gasteiger partial charge in [0, 0.05) is 18.2 Å². The van der Waals surface area contributed by atoms with Gasteiger partial charge in [-0.1, -0.05) is 0 Å². The van der Waals surface area contributed by atoms with Crippen molar-refractivity contribution in [2.24, 2.45) is 4.99 Å². The standard InChI is InChI=1S/C19H14N2O6/c1-24-16-6-3-13(21(22)23)9-15(16)17-7-4-14(27-17)10-20-12-2-5-18-19(8-12)26-11-25-18/h2-10H,11H2,1H3. The number of nitro groups is 1. The van der Waals surface area contributed by atoms with Crippen LogP contribution in [0.5, 0.6) is 17.2 Å². The summed E-state index contributed by atoms with van der Waals surface area (Å²) in [6.07, 6.45) is 1.56. The summed E-state index contributed by atoms with van der Waals surface area (Å²) in [5, 5.41) is 11.0. The maximum absolute atomic E-state index is 11.0. The van der Waals surface area contributed by atoms with Crippen molar-refractivity contribution in [2.45, 2.75) is 0 Å². The third-order valence-electron chi connectivity index (χ3n) is 3.98. The minimum absolute atomic E-state index is 0.0437. The van der Waals surface area contributed by atoms with Crippen molar-refractivity contribution < 1.29 is 23.6 Å².